The minimum Gasteiger partial charge on any atom is -0.487 e. The van der Waals surface area contributed by atoms with Crippen molar-refractivity contribution in [1.82, 2.24) is 9.55 Å². The molecule has 0 atom stereocenters. The van der Waals surface area contributed by atoms with Gasteiger partial charge in [0.05, 0.1) is 12.1 Å². The van der Waals surface area contributed by atoms with E-state index in [1.807, 2.05) is 16.8 Å². The van der Waals surface area contributed by atoms with Crippen LogP contribution in [-0.2, 0) is 13.2 Å². The van der Waals surface area contributed by atoms with Gasteiger partial charge in [0.15, 0.2) is 0 Å². The van der Waals surface area contributed by atoms with Gasteiger partial charge in [-0.1, -0.05) is 23.7 Å². The summed E-state index contributed by atoms with van der Waals surface area (Å²) in [4.78, 5) is 15.3. The molecule has 1 N–H and O–H groups in total. The third kappa shape index (κ3) is 4.21. The summed E-state index contributed by atoms with van der Waals surface area (Å²) in [6.45, 7) is 0.407. The van der Waals surface area contributed by atoms with Gasteiger partial charge < -0.3 is 19.1 Å². The van der Waals surface area contributed by atoms with Crippen LogP contribution in [0, 0.1) is 5.82 Å². The Balaban J connectivity index is 1.58. The predicted molar refractivity (Wildman–Crippen MR) is 110 cm³/mol. The van der Waals surface area contributed by atoms with E-state index in [4.69, 9.17) is 26.2 Å². The molecule has 0 fully saturated rings. The lowest BCUT2D eigenvalue weighted by Gasteiger charge is -2.13. The summed E-state index contributed by atoms with van der Waals surface area (Å²) in [5, 5.41) is 9.89. The molecule has 6 nitrogen and oxygen atoms in total. The highest BCUT2D eigenvalue weighted by molar-refractivity contribution is 6.30. The lowest BCUT2D eigenvalue weighted by molar-refractivity contribution is 0.145. The zero-order valence-electron chi connectivity index (χ0n) is 15.6. The number of aromatic nitrogens is 2. The number of carbonyl (C=O) groups is 1. The van der Waals surface area contributed by atoms with Gasteiger partial charge in [-0.3, -0.25) is 4.98 Å². The molecule has 0 unspecified atom stereocenters. The first-order chi connectivity index (χ1) is 14.5. The van der Waals surface area contributed by atoms with Crippen molar-refractivity contribution in [3.05, 3.63) is 89.1 Å². The van der Waals surface area contributed by atoms with Gasteiger partial charge >= 0.3 is 6.16 Å². The van der Waals surface area contributed by atoms with E-state index >= 15 is 0 Å². The maximum absolute atomic E-state index is 14.0. The van der Waals surface area contributed by atoms with Gasteiger partial charge in [-0.25, -0.2) is 9.18 Å². The standard InChI is InChI=1S/C22H16ClFN2O4/c23-15-7-6-14(17(24)11-15)13-29-21-5-2-9-25-18(21)12-26-10-8-16-19(26)3-1-4-20(16)30-22(27)28/h1-11H,12-13H2,(H,27,28). The molecule has 0 aliphatic carbocycles. The van der Waals surface area contributed by atoms with Gasteiger partial charge in [0.2, 0.25) is 0 Å². The van der Waals surface area contributed by atoms with Crippen molar-refractivity contribution in [1.29, 1.82) is 0 Å². The van der Waals surface area contributed by atoms with E-state index in [1.165, 1.54) is 6.07 Å². The molecule has 152 valence electrons. The number of hydrogen-bond acceptors (Lipinski definition) is 4. The molecule has 0 spiro atoms. The topological polar surface area (TPSA) is 73.6 Å². The van der Waals surface area contributed by atoms with Crippen molar-refractivity contribution in [2.75, 3.05) is 0 Å². The molecule has 2 aromatic carbocycles. The molecule has 0 amide bonds. The zero-order valence-corrected chi connectivity index (χ0v) is 16.3. The van der Waals surface area contributed by atoms with Gasteiger partial charge in [0.25, 0.3) is 0 Å². The van der Waals surface area contributed by atoms with Gasteiger partial charge in [0.1, 0.15) is 29.6 Å². The number of nitrogens with zero attached hydrogens (tertiary/aromatic N) is 2. The predicted octanol–water partition coefficient (Wildman–Crippen LogP) is 5.51. The van der Waals surface area contributed by atoms with Gasteiger partial charge in [-0.2, -0.15) is 0 Å². The molecule has 0 aliphatic rings. The largest absolute Gasteiger partial charge is 0.511 e. The normalized spacial score (nSPS) is 10.9. The Morgan fingerprint density at radius 1 is 1.13 bits per heavy atom. The maximum atomic E-state index is 14.0. The van der Waals surface area contributed by atoms with E-state index in [1.54, 1.807) is 48.7 Å². The fourth-order valence-electron chi connectivity index (χ4n) is 3.15. The number of fused-ring (bicyclic) bond motifs is 1. The SMILES string of the molecule is O=C(O)Oc1cccc2c1ccn2Cc1ncccc1OCc1ccc(Cl)cc1F. The number of pyridine rings is 1. The first-order valence-electron chi connectivity index (χ1n) is 9.00. The second-order valence-electron chi connectivity index (χ2n) is 6.47. The van der Waals surface area contributed by atoms with Crippen LogP contribution in [0.5, 0.6) is 11.5 Å². The summed E-state index contributed by atoms with van der Waals surface area (Å²) in [6, 6.07) is 14.9. The van der Waals surface area contributed by atoms with Crippen LogP contribution in [0.1, 0.15) is 11.3 Å². The molecule has 0 bridgehead atoms. The molecule has 0 saturated heterocycles. The molecule has 8 heteroatoms. The minimum atomic E-state index is -1.37. The average molecular weight is 427 g/mol. The molecule has 2 aromatic heterocycles. The summed E-state index contributed by atoms with van der Waals surface area (Å²) in [6.07, 6.45) is 2.09. The van der Waals surface area contributed by atoms with Crippen molar-refractivity contribution in [2.45, 2.75) is 13.2 Å². The Labute approximate surface area is 176 Å². The molecule has 4 rings (SSSR count). The first-order valence-corrected chi connectivity index (χ1v) is 9.38. The van der Waals surface area contributed by atoms with Crippen molar-refractivity contribution in [3.63, 3.8) is 0 Å². The molecule has 4 aromatic rings. The molecular formula is C22H16ClFN2O4. The van der Waals surface area contributed by atoms with Crippen molar-refractivity contribution < 1.29 is 23.8 Å². The van der Waals surface area contributed by atoms with E-state index in [0.717, 1.165) is 5.52 Å². The fourth-order valence-corrected chi connectivity index (χ4v) is 3.30. The number of ether oxygens (including phenoxy) is 2. The number of hydrogen-bond donors (Lipinski definition) is 1. The summed E-state index contributed by atoms with van der Waals surface area (Å²) in [5.41, 5.74) is 1.82. The number of carboxylic acid groups (broad SMARTS) is 1. The number of halogens is 2. The van der Waals surface area contributed by atoms with Crippen LogP contribution in [0.25, 0.3) is 10.9 Å². The summed E-state index contributed by atoms with van der Waals surface area (Å²) < 4.78 is 26.6. The lowest BCUT2D eigenvalue weighted by atomic mass is 10.2. The third-order valence-electron chi connectivity index (χ3n) is 4.54. The van der Waals surface area contributed by atoms with Crippen molar-refractivity contribution >= 4 is 28.7 Å². The first kappa shape index (κ1) is 19.7. The van der Waals surface area contributed by atoms with E-state index in [9.17, 15) is 9.18 Å². The van der Waals surface area contributed by atoms with Crippen LogP contribution in [-0.4, -0.2) is 20.8 Å². The molecule has 0 radical (unpaired) electrons. The second-order valence-corrected chi connectivity index (χ2v) is 6.91. The Hall–Kier alpha value is -3.58. The van der Waals surface area contributed by atoms with Gasteiger partial charge in [-0.15, -0.1) is 0 Å². The number of rotatable bonds is 6. The summed E-state index contributed by atoms with van der Waals surface area (Å²) >= 11 is 5.79. The molecular weight excluding hydrogens is 411 g/mol. The van der Waals surface area contributed by atoms with E-state index in [2.05, 4.69) is 4.98 Å². The highest BCUT2D eigenvalue weighted by Gasteiger charge is 2.13. The monoisotopic (exact) mass is 426 g/mol. The molecule has 0 saturated carbocycles. The average Bonchev–Trinajstić information content (AvgIpc) is 3.12. The van der Waals surface area contributed by atoms with E-state index in [-0.39, 0.29) is 12.4 Å². The quantitative estimate of drug-likeness (QED) is 0.325. The van der Waals surface area contributed by atoms with Crippen LogP contribution in [0.15, 0.2) is 67.0 Å². The smallest absolute Gasteiger partial charge is 0.487 e. The Morgan fingerprint density at radius 3 is 2.77 bits per heavy atom. The molecule has 30 heavy (non-hydrogen) atoms. The molecule has 0 aliphatic heterocycles. The van der Waals surface area contributed by atoms with E-state index < -0.39 is 12.0 Å². The highest BCUT2D eigenvalue weighted by atomic mass is 35.5. The Kier molecular flexibility index (Phi) is 5.54. The number of benzene rings is 2. The van der Waals surface area contributed by atoms with Crippen molar-refractivity contribution in [2.24, 2.45) is 0 Å². The van der Waals surface area contributed by atoms with Gasteiger partial charge in [-0.05, 0) is 42.5 Å². The van der Waals surface area contributed by atoms with Crippen LogP contribution in [0.2, 0.25) is 5.02 Å². The van der Waals surface area contributed by atoms with Crippen LogP contribution < -0.4 is 9.47 Å². The van der Waals surface area contributed by atoms with E-state index in [0.29, 0.717) is 34.0 Å². The fraction of sp³-hybridized carbons (Fsp3) is 0.0909. The molecule has 2 heterocycles. The third-order valence-corrected chi connectivity index (χ3v) is 4.77. The lowest BCUT2D eigenvalue weighted by Crippen LogP contribution is -2.06. The van der Waals surface area contributed by atoms with Gasteiger partial charge in [0, 0.05) is 28.4 Å². The summed E-state index contributed by atoms with van der Waals surface area (Å²) in [5.74, 6) is 0.344. The maximum Gasteiger partial charge on any atom is 0.511 e. The van der Waals surface area contributed by atoms with Crippen LogP contribution >= 0.6 is 11.6 Å². The van der Waals surface area contributed by atoms with Crippen molar-refractivity contribution in [3.8, 4) is 11.5 Å². The van der Waals surface area contributed by atoms with Crippen LogP contribution in [0.3, 0.4) is 0 Å². The minimum absolute atomic E-state index is 0.0325. The summed E-state index contributed by atoms with van der Waals surface area (Å²) in [7, 11) is 0. The Bertz CT molecular complexity index is 1220. The highest BCUT2D eigenvalue weighted by Crippen LogP contribution is 2.28. The second kappa shape index (κ2) is 8.42. The van der Waals surface area contributed by atoms with Crippen LogP contribution in [0.4, 0.5) is 9.18 Å². The Morgan fingerprint density at radius 2 is 1.97 bits per heavy atom. The zero-order chi connectivity index (χ0) is 21.1.